The fraction of sp³-hybridized carbons (Fsp3) is 0.450. The van der Waals surface area contributed by atoms with Gasteiger partial charge in [0.25, 0.3) is 0 Å². The fourth-order valence-corrected chi connectivity index (χ4v) is 6.41. The van der Waals surface area contributed by atoms with Gasteiger partial charge in [0.05, 0.1) is 5.39 Å². The third-order valence-electron chi connectivity index (χ3n) is 9.11. The Bertz CT molecular complexity index is 1480. The minimum Gasteiger partial charge on any atom is -0.457 e. The summed E-state index contributed by atoms with van der Waals surface area (Å²) in [5.41, 5.74) is 10.1. The molecule has 1 saturated heterocycles. The fourth-order valence-electron chi connectivity index (χ4n) is 6.41. The van der Waals surface area contributed by atoms with Crippen molar-refractivity contribution in [1.29, 1.82) is 0 Å². The Kier molecular flexibility index (Phi) is 15.7. The Morgan fingerprint density at radius 2 is 1.57 bits per heavy atom. The van der Waals surface area contributed by atoms with Crippen molar-refractivity contribution in [1.82, 2.24) is 19.4 Å². The molecule has 3 heterocycles. The first-order chi connectivity index (χ1) is 23.0. The number of benzene rings is 2. The molecule has 1 aliphatic carbocycles. The van der Waals surface area contributed by atoms with Crippen LogP contribution in [0.4, 0.5) is 5.82 Å². The Labute approximate surface area is 283 Å². The molecule has 0 unspecified atom stereocenters. The molecule has 1 saturated carbocycles. The van der Waals surface area contributed by atoms with E-state index in [4.69, 9.17) is 20.6 Å². The van der Waals surface area contributed by atoms with Gasteiger partial charge >= 0.3 is 0 Å². The molecule has 254 valence electrons. The van der Waals surface area contributed by atoms with E-state index in [1.807, 2.05) is 82.3 Å². The van der Waals surface area contributed by atoms with Gasteiger partial charge in [0.2, 0.25) is 0 Å². The van der Waals surface area contributed by atoms with E-state index in [9.17, 15) is 0 Å². The molecule has 3 N–H and O–H groups in total. The van der Waals surface area contributed by atoms with Crippen LogP contribution in [0.25, 0.3) is 22.2 Å². The number of allylic oxidation sites excluding steroid dienone is 3. The van der Waals surface area contributed by atoms with Crippen LogP contribution in [0.15, 0.2) is 91.9 Å². The van der Waals surface area contributed by atoms with Crippen LogP contribution in [0.5, 0.6) is 11.5 Å². The number of hydrogen-bond donors (Lipinski definition) is 2. The third-order valence-corrected chi connectivity index (χ3v) is 9.11. The van der Waals surface area contributed by atoms with E-state index >= 15 is 0 Å². The van der Waals surface area contributed by atoms with E-state index in [1.165, 1.54) is 58.2 Å². The molecule has 6 rings (SSSR count). The third kappa shape index (κ3) is 10.3. The van der Waals surface area contributed by atoms with E-state index in [0.717, 1.165) is 40.1 Å². The number of anilines is 1. The van der Waals surface area contributed by atoms with Crippen LogP contribution in [0, 0.1) is 5.41 Å². The maximum atomic E-state index is 7.88. The Hall–Kier alpha value is -3.94. The average Bonchev–Trinajstić information content (AvgIpc) is 3.52. The first-order valence-electron chi connectivity index (χ1n) is 17.5. The summed E-state index contributed by atoms with van der Waals surface area (Å²) in [4.78, 5) is 11.6. The summed E-state index contributed by atoms with van der Waals surface area (Å²) in [6.07, 6.45) is 18.0. The molecule has 4 aromatic rings. The van der Waals surface area contributed by atoms with Crippen molar-refractivity contribution in [2.75, 3.05) is 32.0 Å². The molecule has 1 spiro atoms. The lowest BCUT2D eigenvalue weighted by atomic mass is 9.67. The highest BCUT2D eigenvalue weighted by Gasteiger charge is 2.38. The molecule has 2 fully saturated rings. The van der Waals surface area contributed by atoms with E-state index in [0.29, 0.717) is 23.9 Å². The summed E-state index contributed by atoms with van der Waals surface area (Å²) in [5, 5.41) is 8.82. The second-order valence-corrected chi connectivity index (χ2v) is 12.0. The predicted molar refractivity (Wildman–Crippen MR) is 199 cm³/mol. The van der Waals surface area contributed by atoms with Gasteiger partial charge < -0.3 is 25.0 Å². The zero-order chi connectivity index (χ0) is 34.1. The highest BCUT2D eigenvalue weighted by atomic mass is 16.5. The van der Waals surface area contributed by atoms with Crippen LogP contribution < -0.4 is 10.5 Å². The summed E-state index contributed by atoms with van der Waals surface area (Å²) in [6.45, 7) is 17.6. The van der Waals surface area contributed by atoms with Crippen LogP contribution in [0.3, 0.4) is 0 Å². The quantitative estimate of drug-likeness (QED) is 0.196. The zero-order valence-corrected chi connectivity index (χ0v) is 29.4. The molecular weight excluding hydrogens is 582 g/mol. The number of nitrogen functional groups attached to an aromatic ring is 1. The minimum absolute atomic E-state index is 0.319. The molecule has 0 radical (unpaired) electrons. The smallest absolute Gasteiger partial charge is 0.146 e. The summed E-state index contributed by atoms with van der Waals surface area (Å²) in [7, 11) is 0. The zero-order valence-electron chi connectivity index (χ0n) is 29.4. The average molecular weight is 640 g/mol. The molecule has 7 nitrogen and oxygen atoms in total. The summed E-state index contributed by atoms with van der Waals surface area (Å²) in [6, 6.07) is 18.5. The Morgan fingerprint density at radius 3 is 2.11 bits per heavy atom. The summed E-state index contributed by atoms with van der Waals surface area (Å²) < 4.78 is 8.37. The maximum Gasteiger partial charge on any atom is 0.146 e. The van der Waals surface area contributed by atoms with Crippen molar-refractivity contribution >= 4 is 16.9 Å². The van der Waals surface area contributed by atoms with Crippen molar-refractivity contribution in [3.8, 4) is 22.6 Å². The number of para-hydroxylation sites is 1. The number of nitrogens with two attached hydrogens (primary N) is 1. The van der Waals surface area contributed by atoms with Gasteiger partial charge in [-0.15, -0.1) is 0 Å². The Morgan fingerprint density at radius 1 is 0.957 bits per heavy atom. The van der Waals surface area contributed by atoms with Gasteiger partial charge in [-0.1, -0.05) is 82.8 Å². The van der Waals surface area contributed by atoms with Gasteiger partial charge in [0, 0.05) is 24.4 Å². The highest BCUT2D eigenvalue weighted by molar-refractivity contribution is 6.00. The monoisotopic (exact) mass is 639 g/mol. The number of nitrogens with zero attached hydrogens (tertiary/aromatic N) is 4. The second-order valence-electron chi connectivity index (χ2n) is 12.0. The first kappa shape index (κ1) is 37.5. The van der Waals surface area contributed by atoms with Crippen molar-refractivity contribution in [3.05, 3.63) is 91.9 Å². The summed E-state index contributed by atoms with van der Waals surface area (Å²) >= 11 is 0. The van der Waals surface area contributed by atoms with E-state index < -0.39 is 0 Å². The van der Waals surface area contributed by atoms with Crippen molar-refractivity contribution in [3.63, 3.8) is 0 Å². The van der Waals surface area contributed by atoms with Crippen LogP contribution in [-0.4, -0.2) is 50.8 Å². The number of fused-ring (bicyclic) bond motifs is 1. The molecule has 7 heteroatoms. The molecule has 0 amide bonds. The number of ether oxygens (including phenoxy) is 1. The van der Waals surface area contributed by atoms with Crippen molar-refractivity contribution in [2.24, 2.45) is 5.41 Å². The molecule has 47 heavy (non-hydrogen) atoms. The van der Waals surface area contributed by atoms with Crippen molar-refractivity contribution < 1.29 is 9.84 Å². The van der Waals surface area contributed by atoms with E-state index in [-0.39, 0.29) is 0 Å². The minimum atomic E-state index is 0.319. The molecule has 1 aliphatic heterocycles. The normalized spacial score (nSPS) is 16.0. The molecule has 0 bridgehead atoms. The van der Waals surface area contributed by atoms with Gasteiger partial charge in [-0.2, -0.15) is 0 Å². The topological polar surface area (TPSA) is 89.4 Å². The van der Waals surface area contributed by atoms with Gasteiger partial charge in [-0.25, -0.2) is 9.97 Å². The lowest BCUT2D eigenvalue weighted by molar-refractivity contribution is 0.0568. The number of rotatable bonds is 7. The number of likely N-dealkylation sites (tertiary alicyclic amines) is 1. The number of aromatic nitrogens is 3. The SMILES string of the molecule is C=C/C=C\C.CC.CCCO.CCN1CCC2(CCC(n3cc(-c4ccc(Oc5ccccc5)cc4)c4c(N)ncnc43)CC2)CC1. The van der Waals surface area contributed by atoms with Crippen LogP contribution in [0.1, 0.15) is 85.6 Å². The maximum absolute atomic E-state index is 7.88. The van der Waals surface area contributed by atoms with Gasteiger partial charge in [0.1, 0.15) is 29.3 Å². The highest BCUT2D eigenvalue weighted by Crippen LogP contribution is 2.48. The molecule has 2 aromatic carbocycles. The van der Waals surface area contributed by atoms with Gasteiger partial charge in [-0.05, 0) is 107 Å². The number of aliphatic hydroxyl groups excluding tert-OH is 1. The lowest BCUT2D eigenvalue weighted by Gasteiger charge is -2.46. The van der Waals surface area contributed by atoms with Gasteiger partial charge in [0.15, 0.2) is 0 Å². The predicted octanol–water partition coefficient (Wildman–Crippen LogP) is 9.85. The number of aliphatic hydroxyl groups is 1. The number of hydrogen-bond acceptors (Lipinski definition) is 6. The van der Waals surface area contributed by atoms with Crippen LogP contribution >= 0.6 is 0 Å². The van der Waals surface area contributed by atoms with E-state index in [2.05, 4.69) is 46.3 Å². The molecule has 0 atom stereocenters. The van der Waals surface area contributed by atoms with Crippen LogP contribution in [-0.2, 0) is 0 Å². The standard InChI is InChI=1S/C30H35N5O.C5H8.C3H8O.C2H6/c1-2-34-18-16-30(17-19-34)14-12-23(13-15-30)35-20-26(27-28(31)32-21-33-29(27)35)22-8-10-25(11-9-22)36-24-6-4-3-5-7-24;1-3-5-4-2;1-2-3-4;1-2/h3-11,20-21,23H,2,12-19H2,1H3,(H2,31,32,33);3-5H,1H2,2H3;4H,2-3H2,1H3;1-2H3/b;5-4-;;. The van der Waals surface area contributed by atoms with Crippen LogP contribution in [0.2, 0.25) is 0 Å². The molecule has 2 aliphatic rings. The largest absolute Gasteiger partial charge is 0.457 e. The van der Waals surface area contributed by atoms with Gasteiger partial charge in [-0.3, -0.25) is 0 Å². The second kappa shape index (κ2) is 19.7. The summed E-state index contributed by atoms with van der Waals surface area (Å²) in [5.74, 6) is 2.18. The number of piperidine rings is 1. The van der Waals surface area contributed by atoms with Crippen molar-refractivity contribution in [2.45, 2.75) is 85.6 Å². The molecular formula is C40H57N5O2. The Balaban J connectivity index is 0.000000480. The van der Waals surface area contributed by atoms with E-state index in [1.54, 1.807) is 12.4 Å². The molecule has 2 aromatic heterocycles. The first-order valence-corrected chi connectivity index (χ1v) is 17.5. The lowest BCUT2D eigenvalue weighted by Crippen LogP contribution is -2.41.